The van der Waals surface area contributed by atoms with Crippen LogP contribution in [0, 0.1) is 11.3 Å². The smallest absolute Gasteiger partial charge is 0.224 e. The summed E-state index contributed by atoms with van der Waals surface area (Å²) in [4.78, 5) is 33.5. The van der Waals surface area contributed by atoms with E-state index >= 15 is 0 Å². The van der Waals surface area contributed by atoms with Crippen LogP contribution in [-0.4, -0.2) is 17.4 Å². The maximum absolute atomic E-state index is 13.7. The van der Waals surface area contributed by atoms with Gasteiger partial charge in [-0.05, 0) is 69.7 Å². The molecule has 1 heterocycles. The molecule has 6 heteroatoms. The summed E-state index contributed by atoms with van der Waals surface area (Å²) in [5.41, 5.74) is 2.93. The summed E-state index contributed by atoms with van der Waals surface area (Å²) in [6, 6.07) is 22.5. The van der Waals surface area contributed by atoms with E-state index in [2.05, 4.69) is 29.8 Å². The summed E-state index contributed by atoms with van der Waals surface area (Å²) >= 11 is 3.53. The van der Waals surface area contributed by atoms with E-state index in [-0.39, 0.29) is 17.1 Å². The molecule has 0 bridgehead atoms. The Morgan fingerprint density at radius 1 is 1.03 bits per heavy atom. The maximum atomic E-state index is 13.7. The van der Waals surface area contributed by atoms with Gasteiger partial charge in [0, 0.05) is 19.1 Å². The van der Waals surface area contributed by atoms with Crippen LogP contribution in [-0.2, 0) is 9.59 Å². The first-order valence-electron chi connectivity index (χ1n) is 11.7. The lowest BCUT2D eigenvalue weighted by atomic mass is 9.68. The summed E-state index contributed by atoms with van der Waals surface area (Å²) in [5, 5.41) is 0. The first kappa shape index (κ1) is 23.5. The molecule has 0 N–H and O–H groups in total. The molecule has 1 fully saturated rings. The number of halogens is 1. The van der Waals surface area contributed by atoms with E-state index in [4.69, 9.17) is 9.73 Å². The van der Waals surface area contributed by atoms with Crippen molar-refractivity contribution < 1.29 is 14.3 Å². The second kappa shape index (κ2) is 9.08. The van der Waals surface area contributed by atoms with Crippen molar-refractivity contribution in [1.29, 1.82) is 0 Å². The van der Waals surface area contributed by atoms with Gasteiger partial charge in [-0.1, -0.05) is 50.2 Å². The number of ketones is 1. The average molecular weight is 531 g/mol. The van der Waals surface area contributed by atoms with Crippen LogP contribution in [0.2, 0.25) is 0 Å². The molecule has 2 unspecified atom stereocenters. The molecule has 0 spiro atoms. The van der Waals surface area contributed by atoms with Crippen LogP contribution in [0.15, 0.2) is 82.3 Å². The molecule has 1 aliphatic carbocycles. The Labute approximate surface area is 214 Å². The fourth-order valence-corrected chi connectivity index (χ4v) is 5.60. The number of hydrogen-bond donors (Lipinski definition) is 0. The minimum Gasteiger partial charge on any atom is -0.456 e. The van der Waals surface area contributed by atoms with Gasteiger partial charge in [0.25, 0.3) is 0 Å². The zero-order chi connectivity index (χ0) is 24.7. The maximum Gasteiger partial charge on any atom is 0.224 e. The van der Waals surface area contributed by atoms with Gasteiger partial charge in [-0.2, -0.15) is 0 Å². The van der Waals surface area contributed by atoms with Crippen molar-refractivity contribution in [2.24, 2.45) is 16.3 Å². The molecule has 35 heavy (non-hydrogen) atoms. The quantitative estimate of drug-likeness (QED) is 0.353. The Bertz CT molecular complexity index is 1350. The number of benzene rings is 3. The van der Waals surface area contributed by atoms with Crippen LogP contribution in [0.25, 0.3) is 0 Å². The third kappa shape index (κ3) is 4.55. The molecule has 3 aromatic carbocycles. The van der Waals surface area contributed by atoms with Crippen molar-refractivity contribution in [1.82, 2.24) is 0 Å². The number of carbonyl (C=O) groups is 2. The molecule has 5 nitrogen and oxygen atoms in total. The zero-order valence-corrected chi connectivity index (χ0v) is 21.6. The first-order valence-corrected chi connectivity index (χ1v) is 12.5. The molecule has 1 saturated carbocycles. The molecular formula is C29H27BrN2O3. The summed E-state index contributed by atoms with van der Waals surface area (Å²) in [7, 11) is 0. The number of aliphatic imine (C=N–C) groups is 1. The van der Waals surface area contributed by atoms with Crippen LogP contribution in [0.4, 0.5) is 11.4 Å². The monoisotopic (exact) mass is 530 g/mol. The predicted octanol–water partition coefficient (Wildman–Crippen LogP) is 7.43. The lowest BCUT2D eigenvalue weighted by Crippen LogP contribution is -2.46. The summed E-state index contributed by atoms with van der Waals surface area (Å²) in [5.74, 6) is 0.794. The normalized spacial score (nSPS) is 20.9. The number of nitrogens with zero attached hydrogens (tertiary/aromatic N) is 2. The second-order valence-electron chi connectivity index (χ2n) is 9.99. The topological polar surface area (TPSA) is 59.0 Å². The van der Waals surface area contributed by atoms with Gasteiger partial charge in [-0.3, -0.25) is 14.6 Å². The Morgan fingerprint density at radius 2 is 1.77 bits per heavy atom. The number of Topliss-reactive ketones (excluding diaryl/α,β-unsaturated/α-hetero) is 1. The van der Waals surface area contributed by atoms with Crippen LogP contribution in [0.3, 0.4) is 0 Å². The average Bonchev–Trinajstić information content (AvgIpc) is 2.94. The molecule has 2 aliphatic rings. The van der Waals surface area contributed by atoms with E-state index in [1.807, 2.05) is 72.8 Å². The van der Waals surface area contributed by atoms with Gasteiger partial charge < -0.3 is 9.64 Å². The molecule has 5 rings (SSSR count). The second-order valence-corrected chi connectivity index (χ2v) is 10.8. The van der Waals surface area contributed by atoms with Crippen LogP contribution in [0.1, 0.15) is 45.2 Å². The molecule has 0 aromatic heterocycles. The molecule has 178 valence electrons. The van der Waals surface area contributed by atoms with Gasteiger partial charge in [0.2, 0.25) is 5.91 Å². The number of rotatable bonds is 3. The van der Waals surface area contributed by atoms with Crippen molar-refractivity contribution >= 4 is 44.7 Å². The lowest BCUT2D eigenvalue weighted by Gasteiger charge is -2.40. The Balaban J connectivity index is 1.66. The molecule has 3 aromatic rings. The fourth-order valence-electron chi connectivity index (χ4n) is 5.24. The van der Waals surface area contributed by atoms with E-state index in [9.17, 15) is 9.59 Å². The number of carbonyl (C=O) groups excluding carboxylic acids is 2. The molecular weight excluding hydrogens is 504 g/mol. The van der Waals surface area contributed by atoms with E-state index in [1.165, 1.54) is 0 Å². The highest BCUT2D eigenvalue weighted by atomic mass is 79.9. The number of para-hydroxylation sites is 3. The molecule has 0 saturated heterocycles. The van der Waals surface area contributed by atoms with Gasteiger partial charge in [-0.25, -0.2) is 0 Å². The fraction of sp³-hybridized carbons (Fsp3) is 0.276. The summed E-state index contributed by atoms with van der Waals surface area (Å²) in [6.07, 6.45) is 1.15. The van der Waals surface area contributed by atoms with Crippen molar-refractivity contribution in [2.45, 2.75) is 39.7 Å². The third-order valence-corrected chi connectivity index (χ3v) is 7.28. The summed E-state index contributed by atoms with van der Waals surface area (Å²) < 4.78 is 7.01. The third-order valence-electron chi connectivity index (χ3n) is 6.62. The van der Waals surface area contributed by atoms with E-state index in [0.29, 0.717) is 24.3 Å². The van der Waals surface area contributed by atoms with E-state index in [0.717, 1.165) is 27.1 Å². The van der Waals surface area contributed by atoms with Gasteiger partial charge in [0.15, 0.2) is 0 Å². The number of amides is 1. The van der Waals surface area contributed by atoms with Crippen molar-refractivity contribution in [3.8, 4) is 11.5 Å². The Morgan fingerprint density at radius 3 is 2.54 bits per heavy atom. The Kier molecular flexibility index (Phi) is 6.09. The Hall–Kier alpha value is -3.25. The van der Waals surface area contributed by atoms with Gasteiger partial charge in [-0.15, -0.1) is 0 Å². The summed E-state index contributed by atoms with van der Waals surface area (Å²) in [6.45, 7) is 5.75. The number of ether oxygens (including phenoxy) is 1. The van der Waals surface area contributed by atoms with Gasteiger partial charge >= 0.3 is 0 Å². The highest BCUT2D eigenvalue weighted by Gasteiger charge is 2.47. The van der Waals surface area contributed by atoms with Crippen molar-refractivity contribution in [3.63, 3.8) is 0 Å². The van der Waals surface area contributed by atoms with Crippen molar-refractivity contribution in [2.75, 3.05) is 4.90 Å². The molecule has 2 atom stereocenters. The zero-order valence-electron chi connectivity index (χ0n) is 20.0. The first-order chi connectivity index (χ1) is 16.7. The molecule has 1 aliphatic heterocycles. The number of hydrogen-bond acceptors (Lipinski definition) is 4. The van der Waals surface area contributed by atoms with Crippen LogP contribution in [0.5, 0.6) is 11.5 Å². The van der Waals surface area contributed by atoms with Gasteiger partial charge in [0.1, 0.15) is 17.3 Å². The number of anilines is 1. The van der Waals surface area contributed by atoms with Crippen LogP contribution >= 0.6 is 15.9 Å². The minimum atomic E-state index is -0.516. The van der Waals surface area contributed by atoms with E-state index < -0.39 is 12.0 Å². The largest absolute Gasteiger partial charge is 0.456 e. The van der Waals surface area contributed by atoms with Crippen molar-refractivity contribution in [3.05, 3.63) is 82.8 Å². The standard InChI is InChI=1S/C29H27BrN2O3/c1-18(33)32-24-13-6-5-12-22(24)31-23-16-29(2,3)17-25(34)27(23)28(32)19-9-8-10-20(15-19)35-26-14-7-4-11-21(26)30/h4-15,27-28H,16-17H2,1-3H3. The molecule has 0 radical (unpaired) electrons. The lowest BCUT2D eigenvalue weighted by molar-refractivity contribution is -0.124. The highest BCUT2D eigenvalue weighted by molar-refractivity contribution is 9.10. The predicted molar refractivity (Wildman–Crippen MR) is 142 cm³/mol. The molecule has 1 amide bonds. The SMILES string of the molecule is CC(=O)N1c2ccccc2N=C2CC(C)(C)CC(=O)C2C1c1cccc(Oc2ccccc2Br)c1. The van der Waals surface area contributed by atoms with Gasteiger partial charge in [0.05, 0.1) is 27.8 Å². The van der Waals surface area contributed by atoms with Crippen LogP contribution < -0.4 is 9.64 Å². The number of fused-ring (bicyclic) bond motifs is 2. The van der Waals surface area contributed by atoms with E-state index in [1.54, 1.807) is 11.8 Å². The highest BCUT2D eigenvalue weighted by Crippen LogP contribution is 2.48. The minimum absolute atomic E-state index is 0.112.